The topological polar surface area (TPSA) is 66.7 Å². The van der Waals surface area contributed by atoms with E-state index in [4.69, 9.17) is 0 Å². The maximum absolute atomic E-state index is 14.0. The number of imidazole rings is 1. The number of likely N-dealkylation sites (tertiary alicyclic amines) is 1. The number of piperidine rings is 1. The third-order valence-electron chi connectivity index (χ3n) is 4.83. The van der Waals surface area contributed by atoms with Crippen molar-refractivity contribution >= 4 is 17.5 Å². The standard InChI is InChI=1S/C19H22F2N4O2/c1-4-16(26)24-10-14(8-19(20,21)11-24)18(27)23-13(3)15-9-22-17-12(2)6-5-7-25(15)17/h4-7,9,13-14H,1,8,10-11H2,2-3H3,(H,23,27)/t13-,14?/m0/s1. The number of nitrogens with one attached hydrogen (secondary N) is 1. The summed E-state index contributed by atoms with van der Waals surface area (Å²) in [4.78, 5) is 29.7. The summed E-state index contributed by atoms with van der Waals surface area (Å²) < 4.78 is 29.9. The highest BCUT2D eigenvalue weighted by molar-refractivity contribution is 5.88. The quantitative estimate of drug-likeness (QED) is 0.834. The molecule has 2 amide bonds. The van der Waals surface area contributed by atoms with Crippen molar-refractivity contribution in [2.24, 2.45) is 5.92 Å². The summed E-state index contributed by atoms with van der Waals surface area (Å²) in [5.41, 5.74) is 2.52. The Morgan fingerprint density at radius 3 is 2.93 bits per heavy atom. The largest absolute Gasteiger partial charge is 0.348 e. The summed E-state index contributed by atoms with van der Waals surface area (Å²) >= 11 is 0. The van der Waals surface area contributed by atoms with E-state index in [0.717, 1.165) is 27.9 Å². The number of fused-ring (bicyclic) bond motifs is 1. The number of pyridine rings is 1. The Labute approximate surface area is 155 Å². The number of alkyl halides is 2. The second kappa shape index (κ2) is 7.09. The molecule has 27 heavy (non-hydrogen) atoms. The number of aryl methyl sites for hydroxylation is 1. The van der Waals surface area contributed by atoms with Crippen LogP contribution in [-0.4, -0.2) is 45.1 Å². The van der Waals surface area contributed by atoms with E-state index in [1.807, 2.05) is 29.7 Å². The van der Waals surface area contributed by atoms with Gasteiger partial charge >= 0.3 is 0 Å². The van der Waals surface area contributed by atoms with Gasteiger partial charge in [-0.3, -0.25) is 9.59 Å². The maximum Gasteiger partial charge on any atom is 0.266 e. The first-order valence-electron chi connectivity index (χ1n) is 8.74. The highest BCUT2D eigenvalue weighted by atomic mass is 19.3. The number of nitrogens with zero attached hydrogens (tertiary/aromatic N) is 3. The Bertz CT molecular complexity index is 893. The molecule has 2 aromatic heterocycles. The van der Waals surface area contributed by atoms with Crippen LogP contribution in [0.3, 0.4) is 0 Å². The van der Waals surface area contributed by atoms with Crippen LogP contribution in [0.15, 0.2) is 37.2 Å². The molecular formula is C19H22F2N4O2. The van der Waals surface area contributed by atoms with Gasteiger partial charge in [0.05, 0.1) is 30.4 Å². The van der Waals surface area contributed by atoms with Crippen LogP contribution in [-0.2, 0) is 9.59 Å². The number of rotatable bonds is 4. The maximum atomic E-state index is 14.0. The van der Waals surface area contributed by atoms with Crippen molar-refractivity contribution in [2.75, 3.05) is 13.1 Å². The molecule has 0 spiro atoms. The number of hydrogen-bond donors (Lipinski definition) is 1. The predicted octanol–water partition coefficient (Wildman–Crippen LogP) is 2.49. The SMILES string of the molecule is C=CC(=O)N1CC(C(=O)N[C@@H](C)c2cnc3c(C)cccn23)CC(F)(F)C1. The van der Waals surface area contributed by atoms with Crippen molar-refractivity contribution in [3.63, 3.8) is 0 Å². The van der Waals surface area contributed by atoms with Crippen LogP contribution in [0, 0.1) is 12.8 Å². The average Bonchev–Trinajstić information content (AvgIpc) is 3.05. The van der Waals surface area contributed by atoms with Crippen LogP contribution in [0.1, 0.15) is 30.6 Å². The van der Waals surface area contributed by atoms with Gasteiger partial charge in [0, 0.05) is 19.2 Å². The summed E-state index contributed by atoms with van der Waals surface area (Å²) in [6.45, 7) is 6.29. The van der Waals surface area contributed by atoms with E-state index in [9.17, 15) is 18.4 Å². The van der Waals surface area contributed by atoms with E-state index in [1.54, 1.807) is 13.1 Å². The van der Waals surface area contributed by atoms with Gasteiger partial charge in [-0.05, 0) is 31.6 Å². The molecular weight excluding hydrogens is 354 g/mol. The molecule has 0 bridgehead atoms. The first kappa shape index (κ1) is 19.0. The predicted molar refractivity (Wildman–Crippen MR) is 96.3 cm³/mol. The highest BCUT2D eigenvalue weighted by Gasteiger charge is 2.44. The zero-order valence-electron chi connectivity index (χ0n) is 15.3. The van der Waals surface area contributed by atoms with Crippen molar-refractivity contribution in [1.29, 1.82) is 0 Å². The molecule has 1 unspecified atom stereocenters. The molecule has 1 N–H and O–H groups in total. The van der Waals surface area contributed by atoms with E-state index < -0.39 is 42.7 Å². The van der Waals surface area contributed by atoms with Crippen LogP contribution in [0.25, 0.3) is 5.65 Å². The molecule has 6 nitrogen and oxygen atoms in total. The van der Waals surface area contributed by atoms with E-state index in [-0.39, 0.29) is 6.54 Å². The third-order valence-corrected chi connectivity index (χ3v) is 4.83. The minimum Gasteiger partial charge on any atom is -0.348 e. The van der Waals surface area contributed by atoms with Gasteiger partial charge in [-0.15, -0.1) is 0 Å². The monoisotopic (exact) mass is 376 g/mol. The highest BCUT2D eigenvalue weighted by Crippen LogP contribution is 2.31. The van der Waals surface area contributed by atoms with Crippen molar-refractivity contribution in [3.05, 3.63) is 48.4 Å². The lowest BCUT2D eigenvalue weighted by Gasteiger charge is -2.36. The molecule has 144 valence electrons. The van der Waals surface area contributed by atoms with Gasteiger partial charge in [0.1, 0.15) is 5.65 Å². The van der Waals surface area contributed by atoms with E-state index in [2.05, 4.69) is 16.9 Å². The van der Waals surface area contributed by atoms with E-state index in [1.165, 1.54) is 0 Å². The smallest absolute Gasteiger partial charge is 0.266 e. The summed E-state index contributed by atoms with van der Waals surface area (Å²) in [5.74, 6) is -5.20. The van der Waals surface area contributed by atoms with Crippen molar-refractivity contribution < 1.29 is 18.4 Å². The second-order valence-corrected chi connectivity index (χ2v) is 6.98. The molecule has 0 aromatic carbocycles. The van der Waals surface area contributed by atoms with Crippen LogP contribution in [0.2, 0.25) is 0 Å². The normalized spacial score (nSPS) is 20.3. The Morgan fingerprint density at radius 2 is 2.22 bits per heavy atom. The Morgan fingerprint density at radius 1 is 1.48 bits per heavy atom. The zero-order valence-corrected chi connectivity index (χ0v) is 15.3. The van der Waals surface area contributed by atoms with Gasteiger partial charge in [-0.1, -0.05) is 12.6 Å². The number of carbonyl (C=O) groups is 2. The van der Waals surface area contributed by atoms with Crippen LogP contribution in [0.4, 0.5) is 8.78 Å². The Kier molecular flexibility index (Phi) is 4.99. The van der Waals surface area contributed by atoms with E-state index >= 15 is 0 Å². The van der Waals surface area contributed by atoms with Crippen LogP contribution < -0.4 is 5.32 Å². The molecule has 8 heteroatoms. The lowest BCUT2D eigenvalue weighted by Crippen LogP contribution is -2.53. The summed E-state index contributed by atoms with van der Waals surface area (Å²) in [6.07, 6.45) is 3.90. The minimum absolute atomic E-state index is 0.0503. The number of aromatic nitrogens is 2. The van der Waals surface area contributed by atoms with Gasteiger partial charge in [0.25, 0.3) is 5.92 Å². The second-order valence-electron chi connectivity index (χ2n) is 6.98. The number of halogens is 2. The molecule has 0 aliphatic carbocycles. The lowest BCUT2D eigenvalue weighted by atomic mass is 9.94. The summed E-state index contributed by atoms with van der Waals surface area (Å²) in [7, 11) is 0. The summed E-state index contributed by atoms with van der Waals surface area (Å²) in [6, 6.07) is 3.39. The first-order valence-corrected chi connectivity index (χ1v) is 8.74. The third kappa shape index (κ3) is 3.84. The van der Waals surface area contributed by atoms with Crippen molar-refractivity contribution in [1.82, 2.24) is 19.6 Å². The van der Waals surface area contributed by atoms with Gasteiger partial charge < -0.3 is 14.6 Å². The minimum atomic E-state index is -3.11. The molecule has 2 aromatic rings. The molecule has 0 saturated carbocycles. The molecule has 2 atom stereocenters. The Hall–Kier alpha value is -2.77. The van der Waals surface area contributed by atoms with Crippen LogP contribution in [0.5, 0.6) is 0 Å². The zero-order chi connectivity index (χ0) is 19.8. The van der Waals surface area contributed by atoms with E-state index in [0.29, 0.717) is 0 Å². The molecule has 1 fully saturated rings. The van der Waals surface area contributed by atoms with Gasteiger partial charge in [0.2, 0.25) is 11.8 Å². The number of amides is 2. The molecule has 0 radical (unpaired) electrons. The van der Waals surface area contributed by atoms with Gasteiger partial charge in [-0.2, -0.15) is 0 Å². The first-order chi connectivity index (χ1) is 12.7. The van der Waals surface area contributed by atoms with Crippen LogP contribution >= 0.6 is 0 Å². The fraction of sp³-hybridized carbons (Fsp3) is 0.421. The van der Waals surface area contributed by atoms with Gasteiger partial charge in [0.15, 0.2) is 0 Å². The number of carbonyl (C=O) groups excluding carboxylic acids is 2. The molecule has 3 heterocycles. The number of hydrogen-bond acceptors (Lipinski definition) is 3. The molecule has 1 aliphatic heterocycles. The lowest BCUT2D eigenvalue weighted by molar-refractivity contribution is -0.147. The average molecular weight is 376 g/mol. The van der Waals surface area contributed by atoms with Crippen molar-refractivity contribution in [3.8, 4) is 0 Å². The Balaban J connectivity index is 1.76. The molecule has 1 aliphatic rings. The molecule has 1 saturated heterocycles. The van der Waals surface area contributed by atoms with Crippen molar-refractivity contribution in [2.45, 2.75) is 32.2 Å². The molecule has 3 rings (SSSR count). The van der Waals surface area contributed by atoms with Gasteiger partial charge in [-0.25, -0.2) is 13.8 Å². The fourth-order valence-corrected chi connectivity index (χ4v) is 3.47. The summed E-state index contributed by atoms with van der Waals surface area (Å²) in [5, 5.41) is 2.78. The fourth-order valence-electron chi connectivity index (χ4n) is 3.47.